The third kappa shape index (κ3) is 5.22. The van der Waals surface area contributed by atoms with Crippen molar-refractivity contribution in [3.05, 3.63) is 176 Å². The molecule has 0 aliphatic carbocycles. The first-order valence-electron chi connectivity index (χ1n) is 17.2. The van der Waals surface area contributed by atoms with Crippen LogP contribution >= 0.6 is 0 Å². The fraction of sp³-hybridized carbons (Fsp3) is 0. The number of rotatable bonds is 6. The maximum atomic E-state index is 6.24. The molecule has 0 spiro atoms. The lowest BCUT2D eigenvalue weighted by molar-refractivity contribution is 0.620. The van der Waals surface area contributed by atoms with E-state index in [0.717, 1.165) is 61.0 Å². The zero-order valence-electron chi connectivity index (χ0n) is 27.9. The van der Waals surface area contributed by atoms with Gasteiger partial charge in [-0.25, -0.2) is 19.9 Å². The Kier molecular flexibility index (Phi) is 7.03. The van der Waals surface area contributed by atoms with E-state index in [2.05, 4.69) is 120 Å². The van der Waals surface area contributed by atoms with Crippen LogP contribution in [0.1, 0.15) is 0 Å². The summed E-state index contributed by atoms with van der Waals surface area (Å²) in [5, 5.41) is 2.29. The number of fused-ring (bicyclic) bond motifs is 4. The molecule has 244 valence electrons. The highest BCUT2D eigenvalue weighted by molar-refractivity contribution is 6.10. The molecule has 0 bridgehead atoms. The summed E-state index contributed by atoms with van der Waals surface area (Å²) in [5.74, 6) is 2.31. The van der Waals surface area contributed by atoms with E-state index in [9.17, 15) is 0 Å². The van der Waals surface area contributed by atoms with E-state index in [4.69, 9.17) is 24.4 Å². The minimum atomic E-state index is 0.554. The molecule has 6 heteroatoms. The van der Waals surface area contributed by atoms with Gasteiger partial charge < -0.3 is 8.98 Å². The Labute approximate surface area is 299 Å². The predicted molar refractivity (Wildman–Crippen MR) is 209 cm³/mol. The summed E-state index contributed by atoms with van der Waals surface area (Å²) < 4.78 is 8.55. The van der Waals surface area contributed by atoms with Gasteiger partial charge in [-0.1, -0.05) is 109 Å². The molecule has 7 aromatic carbocycles. The van der Waals surface area contributed by atoms with Crippen molar-refractivity contribution in [2.45, 2.75) is 0 Å². The van der Waals surface area contributed by atoms with Crippen LogP contribution in [0.25, 0.3) is 95.3 Å². The van der Waals surface area contributed by atoms with Gasteiger partial charge in [-0.15, -0.1) is 0 Å². The van der Waals surface area contributed by atoms with Gasteiger partial charge in [0.25, 0.3) is 0 Å². The second kappa shape index (κ2) is 12.3. The molecule has 0 atom stereocenters. The number of hydrogen-bond donors (Lipinski definition) is 0. The van der Waals surface area contributed by atoms with Crippen LogP contribution in [0.4, 0.5) is 0 Å². The standard InChI is InChI=1S/C46H29N5O/c1-4-12-30(13-5-1)31-20-22-32(23-21-31)43-48-44(50-45(49-43)35-24-26-39-42(29-35)52-46(47-39)33-14-6-2-7-15-33)34-25-27-41-38(28-34)37-18-10-11-19-40(37)51(41)36-16-8-3-9-17-36/h1-29H. The maximum Gasteiger partial charge on any atom is 0.227 e. The molecule has 0 saturated heterocycles. The van der Waals surface area contributed by atoms with Gasteiger partial charge in [-0.05, 0) is 77.9 Å². The average Bonchev–Trinajstić information content (AvgIpc) is 3.81. The van der Waals surface area contributed by atoms with Crippen molar-refractivity contribution < 1.29 is 4.42 Å². The molecule has 0 N–H and O–H groups in total. The van der Waals surface area contributed by atoms with Gasteiger partial charge in [-0.3, -0.25) is 0 Å². The summed E-state index contributed by atoms with van der Waals surface area (Å²) in [6.45, 7) is 0. The molecule has 0 unspecified atom stereocenters. The van der Waals surface area contributed by atoms with E-state index in [0.29, 0.717) is 28.9 Å². The molecule has 10 rings (SSSR count). The number of nitrogens with zero attached hydrogens (tertiary/aromatic N) is 5. The van der Waals surface area contributed by atoms with Crippen molar-refractivity contribution in [2.75, 3.05) is 0 Å². The Balaban J connectivity index is 1.13. The SMILES string of the molecule is c1ccc(-c2ccc(-c3nc(-c4ccc5nc(-c6ccccc6)oc5c4)nc(-c4ccc5c(c4)c4ccccc4n5-c4ccccc4)n3)cc2)cc1. The van der Waals surface area contributed by atoms with Crippen molar-refractivity contribution in [1.29, 1.82) is 0 Å². The molecular formula is C46H29N5O. The van der Waals surface area contributed by atoms with E-state index in [1.54, 1.807) is 0 Å². The molecule has 0 radical (unpaired) electrons. The Bertz CT molecular complexity index is 2880. The number of benzene rings is 7. The molecule has 0 saturated carbocycles. The Hall–Kier alpha value is -7.18. The topological polar surface area (TPSA) is 69.6 Å². The monoisotopic (exact) mass is 667 g/mol. The van der Waals surface area contributed by atoms with Gasteiger partial charge in [0.2, 0.25) is 5.89 Å². The fourth-order valence-corrected chi connectivity index (χ4v) is 6.94. The number of para-hydroxylation sites is 2. The maximum absolute atomic E-state index is 6.24. The summed E-state index contributed by atoms with van der Waals surface area (Å²) in [7, 11) is 0. The highest BCUT2D eigenvalue weighted by Gasteiger charge is 2.18. The van der Waals surface area contributed by atoms with Crippen LogP contribution < -0.4 is 0 Å². The summed E-state index contributed by atoms with van der Waals surface area (Å²) in [6, 6.07) is 60.1. The molecule has 0 aliphatic heterocycles. The van der Waals surface area contributed by atoms with Gasteiger partial charge in [0.15, 0.2) is 23.1 Å². The first-order chi connectivity index (χ1) is 25.7. The van der Waals surface area contributed by atoms with Crippen LogP contribution in [0.3, 0.4) is 0 Å². The third-order valence-electron chi connectivity index (χ3n) is 9.50. The molecule has 52 heavy (non-hydrogen) atoms. The Morgan fingerprint density at radius 2 is 0.885 bits per heavy atom. The molecular weight excluding hydrogens is 639 g/mol. The zero-order chi connectivity index (χ0) is 34.4. The van der Waals surface area contributed by atoms with E-state index >= 15 is 0 Å². The lowest BCUT2D eigenvalue weighted by Crippen LogP contribution is -2.00. The average molecular weight is 668 g/mol. The molecule has 0 amide bonds. The van der Waals surface area contributed by atoms with Gasteiger partial charge in [0, 0.05) is 38.7 Å². The minimum Gasteiger partial charge on any atom is -0.436 e. The molecule has 3 heterocycles. The highest BCUT2D eigenvalue weighted by Crippen LogP contribution is 2.36. The van der Waals surface area contributed by atoms with Crippen molar-refractivity contribution in [3.8, 4) is 62.4 Å². The molecule has 0 fully saturated rings. The lowest BCUT2D eigenvalue weighted by Gasteiger charge is -2.10. The molecule has 10 aromatic rings. The van der Waals surface area contributed by atoms with Crippen LogP contribution in [0.15, 0.2) is 180 Å². The van der Waals surface area contributed by atoms with Crippen LogP contribution in [-0.4, -0.2) is 24.5 Å². The third-order valence-corrected chi connectivity index (χ3v) is 9.50. The van der Waals surface area contributed by atoms with Crippen molar-refractivity contribution in [2.24, 2.45) is 0 Å². The summed E-state index contributed by atoms with van der Waals surface area (Å²) in [5.41, 5.74) is 10.6. The van der Waals surface area contributed by atoms with E-state index in [1.807, 2.05) is 60.7 Å². The van der Waals surface area contributed by atoms with Gasteiger partial charge in [0.1, 0.15) is 5.52 Å². The first-order valence-corrected chi connectivity index (χ1v) is 17.2. The first kappa shape index (κ1) is 29.7. The van der Waals surface area contributed by atoms with Crippen LogP contribution in [-0.2, 0) is 0 Å². The van der Waals surface area contributed by atoms with E-state index in [-0.39, 0.29) is 0 Å². The smallest absolute Gasteiger partial charge is 0.227 e. The highest BCUT2D eigenvalue weighted by atomic mass is 16.3. The number of aromatic nitrogens is 5. The normalized spacial score (nSPS) is 11.5. The summed E-state index contributed by atoms with van der Waals surface area (Å²) in [6.07, 6.45) is 0. The number of hydrogen-bond acceptors (Lipinski definition) is 5. The van der Waals surface area contributed by atoms with E-state index in [1.165, 1.54) is 5.39 Å². The van der Waals surface area contributed by atoms with Crippen molar-refractivity contribution >= 4 is 32.9 Å². The zero-order valence-corrected chi connectivity index (χ0v) is 27.9. The van der Waals surface area contributed by atoms with Crippen LogP contribution in [0.2, 0.25) is 0 Å². The second-order valence-corrected chi connectivity index (χ2v) is 12.7. The quantitative estimate of drug-likeness (QED) is 0.176. The van der Waals surface area contributed by atoms with Gasteiger partial charge >= 0.3 is 0 Å². The Morgan fingerprint density at radius 1 is 0.365 bits per heavy atom. The van der Waals surface area contributed by atoms with Crippen molar-refractivity contribution in [1.82, 2.24) is 24.5 Å². The molecule has 3 aromatic heterocycles. The summed E-state index contributed by atoms with van der Waals surface area (Å²) in [4.78, 5) is 20.0. The fourth-order valence-electron chi connectivity index (χ4n) is 6.94. The van der Waals surface area contributed by atoms with Gasteiger partial charge in [-0.2, -0.15) is 0 Å². The number of oxazole rings is 1. The van der Waals surface area contributed by atoms with Gasteiger partial charge in [0.05, 0.1) is 11.0 Å². The molecule has 6 nitrogen and oxygen atoms in total. The predicted octanol–water partition coefficient (Wildman–Crippen LogP) is 11.4. The minimum absolute atomic E-state index is 0.554. The Morgan fingerprint density at radius 3 is 1.62 bits per heavy atom. The largest absolute Gasteiger partial charge is 0.436 e. The lowest BCUT2D eigenvalue weighted by atomic mass is 10.0. The molecule has 0 aliphatic rings. The van der Waals surface area contributed by atoms with Crippen molar-refractivity contribution in [3.63, 3.8) is 0 Å². The summed E-state index contributed by atoms with van der Waals surface area (Å²) >= 11 is 0. The van der Waals surface area contributed by atoms with Crippen LogP contribution in [0, 0.1) is 0 Å². The van der Waals surface area contributed by atoms with E-state index < -0.39 is 0 Å². The second-order valence-electron chi connectivity index (χ2n) is 12.7. The van der Waals surface area contributed by atoms with Crippen LogP contribution in [0.5, 0.6) is 0 Å².